The molecule has 1 heterocycles. The summed E-state index contributed by atoms with van der Waals surface area (Å²) in [6, 6.07) is 3.37. The van der Waals surface area contributed by atoms with E-state index in [4.69, 9.17) is 10.5 Å². The summed E-state index contributed by atoms with van der Waals surface area (Å²) in [6.07, 6.45) is 0. The van der Waals surface area contributed by atoms with Crippen LogP contribution in [0.2, 0.25) is 0 Å². The molecule has 0 aromatic heterocycles. The van der Waals surface area contributed by atoms with Crippen LogP contribution in [0.5, 0.6) is 0 Å². The van der Waals surface area contributed by atoms with Crippen LogP contribution in [0, 0.1) is 5.82 Å². The van der Waals surface area contributed by atoms with E-state index in [0.717, 1.165) is 6.07 Å². The molecule has 0 spiro atoms. The van der Waals surface area contributed by atoms with Crippen LogP contribution in [0.25, 0.3) is 0 Å². The standard InChI is InChI=1S/C12H14FN3O3/c13-10-2-1-8(7-9(10)11(14)17)15-12(18)16-3-5-19-6-4-16/h1-2,7H,3-6H2,(H2,14,17)(H,15,18). The largest absolute Gasteiger partial charge is 0.378 e. The maximum Gasteiger partial charge on any atom is 0.321 e. The quantitative estimate of drug-likeness (QED) is 0.830. The first-order valence-corrected chi connectivity index (χ1v) is 5.81. The summed E-state index contributed by atoms with van der Waals surface area (Å²) in [4.78, 5) is 24.5. The molecule has 1 aromatic rings. The molecule has 1 saturated heterocycles. The highest BCUT2D eigenvalue weighted by Gasteiger charge is 2.17. The Morgan fingerprint density at radius 1 is 1.32 bits per heavy atom. The van der Waals surface area contributed by atoms with E-state index in [1.54, 1.807) is 4.90 Å². The topological polar surface area (TPSA) is 84.7 Å². The van der Waals surface area contributed by atoms with Gasteiger partial charge in [0.15, 0.2) is 0 Å². The average molecular weight is 267 g/mol. The van der Waals surface area contributed by atoms with Crippen molar-refractivity contribution in [3.8, 4) is 0 Å². The van der Waals surface area contributed by atoms with Gasteiger partial charge in [0.05, 0.1) is 18.8 Å². The highest BCUT2D eigenvalue weighted by atomic mass is 19.1. The van der Waals surface area contributed by atoms with E-state index in [1.807, 2.05) is 0 Å². The van der Waals surface area contributed by atoms with Crippen LogP contribution >= 0.6 is 0 Å². The van der Waals surface area contributed by atoms with Crippen molar-refractivity contribution in [2.45, 2.75) is 0 Å². The Morgan fingerprint density at radius 3 is 2.63 bits per heavy atom. The zero-order valence-electron chi connectivity index (χ0n) is 10.2. The molecule has 6 nitrogen and oxygen atoms in total. The average Bonchev–Trinajstić information content (AvgIpc) is 2.41. The Hall–Kier alpha value is -2.15. The van der Waals surface area contributed by atoms with Crippen molar-refractivity contribution in [3.63, 3.8) is 0 Å². The summed E-state index contributed by atoms with van der Waals surface area (Å²) in [6.45, 7) is 1.97. The van der Waals surface area contributed by atoms with Gasteiger partial charge in [-0.1, -0.05) is 0 Å². The zero-order valence-corrected chi connectivity index (χ0v) is 10.2. The van der Waals surface area contributed by atoms with Gasteiger partial charge in [-0.15, -0.1) is 0 Å². The van der Waals surface area contributed by atoms with Gasteiger partial charge in [-0.3, -0.25) is 4.79 Å². The first-order chi connectivity index (χ1) is 9.08. The number of hydrogen-bond acceptors (Lipinski definition) is 3. The minimum atomic E-state index is -0.875. The van der Waals surface area contributed by atoms with Crippen molar-refractivity contribution in [3.05, 3.63) is 29.6 Å². The molecule has 1 aromatic carbocycles. The number of rotatable bonds is 2. The predicted octanol–water partition coefficient (Wildman–Crippen LogP) is 0.789. The van der Waals surface area contributed by atoms with Gasteiger partial charge in [0, 0.05) is 18.8 Å². The van der Waals surface area contributed by atoms with Gasteiger partial charge >= 0.3 is 6.03 Å². The lowest BCUT2D eigenvalue weighted by Crippen LogP contribution is -2.43. The smallest absolute Gasteiger partial charge is 0.321 e. The highest BCUT2D eigenvalue weighted by Crippen LogP contribution is 2.15. The molecule has 1 fully saturated rings. The molecular weight excluding hydrogens is 253 g/mol. The Balaban J connectivity index is 2.08. The maximum atomic E-state index is 13.3. The summed E-state index contributed by atoms with van der Waals surface area (Å²) in [5, 5.41) is 2.59. The van der Waals surface area contributed by atoms with E-state index in [1.165, 1.54) is 12.1 Å². The lowest BCUT2D eigenvalue weighted by Gasteiger charge is -2.26. The third-order valence-electron chi connectivity index (χ3n) is 2.78. The summed E-state index contributed by atoms with van der Waals surface area (Å²) in [5.74, 6) is -1.59. The predicted molar refractivity (Wildman–Crippen MR) is 66.3 cm³/mol. The SMILES string of the molecule is NC(=O)c1cc(NC(=O)N2CCOCC2)ccc1F. The Morgan fingerprint density at radius 2 is 2.00 bits per heavy atom. The number of nitrogens with one attached hydrogen (secondary N) is 1. The number of urea groups is 1. The maximum absolute atomic E-state index is 13.3. The number of hydrogen-bond donors (Lipinski definition) is 2. The monoisotopic (exact) mass is 267 g/mol. The van der Waals surface area contributed by atoms with E-state index in [9.17, 15) is 14.0 Å². The molecule has 7 heteroatoms. The molecule has 19 heavy (non-hydrogen) atoms. The number of carbonyl (C=O) groups is 2. The molecule has 102 valence electrons. The molecule has 0 radical (unpaired) electrons. The number of nitrogens with zero attached hydrogens (tertiary/aromatic N) is 1. The van der Waals surface area contributed by atoms with Gasteiger partial charge in [0.2, 0.25) is 0 Å². The third-order valence-corrected chi connectivity index (χ3v) is 2.78. The minimum absolute atomic E-state index is 0.250. The lowest BCUT2D eigenvalue weighted by molar-refractivity contribution is 0.0564. The van der Waals surface area contributed by atoms with Gasteiger partial charge in [0.1, 0.15) is 5.82 Å². The number of benzene rings is 1. The summed E-state index contributed by atoms with van der Waals surface area (Å²) in [5.41, 5.74) is 5.11. The van der Waals surface area contributed by atoms with Gasteiger partial charge in [-0.25, -0.2) is 9.18 Å². The Kier molecular flexibility index (Phi) is 3.96. The Bertz CT molecular complexity index is 501. The highest BCUT2D eigenvalue weighted by molar-refractivity contribution is 5.96. The van der Waals surface area contributed by atoms with Gasteiger partial charge in [-0.2, -0.15) is 0 Å². The van der Waals surface area contributed by atoms with Gasteiger partial charge < -0.3 is 20.7 Å². The van der Waals surface area contributed by atoms with Crippen molar-refractivity contribution >= 4 is 17.6 Å². The second-order valence-electron chi connectivity index (χ2n) is 4.09. The van der Waals surface area contributed by atoms with Crippen LogP contribution in [0.3, 0.4) is 0 Å². The number of morpholine rings is 1. The third kappa shape index (κ3) is 3.19. The first kappa shape index (κ1) is 13.3. The summed E-state index contributed by atoms with van der Waals surface area (Å²) < 4.78 is 18.4. The van der Waals surface area contributed by atoms with E-state index in [2.05, 4.69) is 5.32 Å². The molecule has 0 bridgehead atoms. The lowest BCUT2D eigenvalue weighted by atomic mass is 10.2. The van der Waals surface area contributed by atoms with Crippen molar-refractivity contribution in [1.82, 2.24) is 4.90 Å². The number of anilines is 1. The number of ether oxygens (including phenoxy) is 1. The molecule has 0 aliphatic carbocycles. The molecule has 3 amide bonds. The van der Waals surface area contributed by atoms with Crippen molar-refractivity contribution in [1.29, 1.82) is 0 Å². The molecule has 0 unspecified atom stereocenters. The molecule has 1 aliphatic rings. The van der Waals surface area contributed by atoms with E-state index in [-0.39, 0.29) is 11.6 Å². The van der Waals surface area contributed by atoms with E-state index < -0.39 is 11.7 Å². The number of primary amides is 1. The van der Waals surface area contributed by atoms with Crippen LogP contribution in [-0.2, 0) is 4.74 Å². The van der Waals surface area contributed by atoms with Crippen LogP contribution in [0.1, 0.15) is 10.4 Å². The number of halogens is 1. The second kappa shape index (κ2) is 5.66. The molecule has 0 saturated carbocycles. The number of carbonyl (C=O) groups excluding carboxylic acids is 2. The van der Waals surface area contributed by atoms with Crippen LogP contribution < -0.4 is 11.1 Å². The minimum Gasteiger partial charge on any atom is -0.378 e. The fraction of sp³-hybridized carbons (Fsp3) is 0.333. The van der Waals surface area contributed by atoms with Gasteiger partial charge in [-0.05, 0) is 18.2 Å². The van der Waals surface area contributed by atoms with E-state index >= 15 is 0 Å². The fourth-order valence-corrected chi connectivity index (χ4v) is 1.76. The molecule has 3 N–H and O–H groups in total. The van der Waals surface area contributed by atoms with Crippen molar-refractivity contribution in [2.75, 3.05) is 31.6 Å². The molecule has 2 rings (SSSR count). The molecular formula is C12H14FN3O3. The molecule has 1 aliphatic heterocycles. The van der Waals surface area contributed by atoms with Crippen LogP contribution in [0.15, 0.2) is 18.2 Å². The fourth-order valence-electron chi connectivity index (χ4n) is 1.76. The normalized spacial score (nSPS) is 15.1. The van der Waals surface area contributed by atoms with E-state index in [0.29, 0.717) is 32.0 Å². The zero-order chi connectivity index (χ0) is 13.8. The van der Waals surface area contributed by atoms with Crippen molar-refractivity contribution in [2.24, 2.45) is 5.73 Å². The summed E-state index contributed by atoms with van der Waals surface area (Å²) >= 11 is 0. The summed E-state index contributed by atoms with van der Waals surface area (Å²) in [7, 11) is 0. The number of nitrogens with two attached hydrogens (primary N) is 1. The molecule has 0 atom stereocenters. The number of amides is 3. The van der Waals surface area contributed by atoms with Gasteiger partial charge in [0.25, 0.3) is 5.91 Å². The second-order valence-corrected chi connectivity index (χ2v) is 4.09. The Labute approximate surface area is 109 Å². The van der Waals surface area contributed by atoms with Crippen LogP contribution in [0.4, 0.5) is 14.9 Å². The first-order valence-electron chi connectivity index (χ1n) is 5.81. The van der Waals surface area contributed by atoms with Crippen molar-refractivity contribution < 1.29 is 18.7 Å². The van der Waals surface area contributed by atoms with Crippen LogP contribution in [-0.4, -0.2) is 43.1 Å².